The van der Waals surface area contributed by atoms with Gasteiger partial charge in [-0.25, -0.2) is 13.1 Å². The lowest BCUT2D eigenvalue weighted by molar-refractivity contribution is -0.141. The molecule has 0 aliphatic rings. The molecule has 6 heteroatoms. The van der Waals surface area contributed by atoms with Crippen molar-refractivity contribution in [1.82, 2.24) is 4.72 Å². The Morgan fingerprint density at radius 1 is 1.04 bits per heavy atom. The minimum Gasteiger partial charge on any atom is -0.469 e. The van der Waals surface area contributed by atoms with E-state index in [1.807, 2.05) is 12.1 Å². The van der Waals surface area contributed by atoms with Crippen molar-refractivity contribution in [2.24, 2.45) is 0 Å². The maximum absolute atomic E-state index is 12.4. The maximum Gasteiger partial charge on any atom is 0.307 e. The number of esters is 1. The zero-order valence-electron chi connectivity index (χ0n) is 12.8. The van der Waals surface area contributed by atoms with Crippen LogP contribution in [0, 0.1) is 0 Å². The van der Waals surface area contributed by atoms with Crippen molar-refractivity contribution in [3.63, 3.8) is 0 Å². The summed E-state index contributed by atoms with van der Waals surface area (Å²) in [7, 11) is -2.31. The molecule has 0 saturated carbocycles. The Kier molecular flexibility index (Phi) is 5.90. The van der Waals surface area contributed by atoms with E-state index in [9.17, 15) is 13.2 Å². The van der Waals surface area contributed by atoms with Gasteiger partial charge >= 0.3 is 5.97 Å². The maximum atomic E-state index is 12.4. The fourth-order valence-electron chi connectivity index (χ4n) is 2.21. The van der Waals surface area contributed by atoms with Gasteiger partial charge in [0.2, 0.25) is 10.0 Å². The number of rotatable bonds is 7. The second-order valence-corrected chi connectivity index (χ2v) is 6.86. The van der Waals surface area contributed by atoms with Gasteiger partial charge in [0.25, 0.3) is 0 Å². The van der Waals surface area contributed by atoms with Gasteiger partial charge < -0.3 is 4.74 Å². The number of ether oxygens (including phenoxy) is 1. The van der Waals surface area contributed by atoms with E-state index < -0.39 is 22.0 Å². The number of hydrogen-bond donors (Lipinski definition) is 1. The van der Waals surface area contributed by atoms with Crippen LogP contribution < -0.4 is 4.72 Å². The molecule has 2 aromatic rings. The van der Waals surface area contributed by atoms with Gasteiger partial charge in [-0.05, 0) is 11.1 Å². The molecule has 0 aliphatic carbocycles. The number of hydrogen-bond acceptors (Lipinski definition) is 4. The Morgan fingerprint density at radius 3 is 2.17 bits per heavy atom. The van der Waals surface area contributed by atoms with E-state index in [0.29, 0.717) is 5.56 Å². The molecular weight excluding hydrogens is 314 g/mol. The lowest BCUT2D eigenvalue weighted by atomic mass is 10.1. The van der Waals surface area contributed by atoms with Crippen LogP contribution in [0.5, 0.6) is 0 Å². The molecule has 1 atom stereocenters. The monoisotopic (exact) mass is 333 g/mol. The highest BCUT2D eigenvalue weighted by Gasteiger charge is 2.22. The quantitative estimate of drug-likeness (QED) is 0.790. The fraction of sp³-hybridized carbons (Fsp3) is 0.235. The van der Waals surface area contributed by atoms with Crippen LogP contribution in [0.4, 0.5) is 0 Å². The first-order chi connectivity index (χ1) is 11.0. The van der Waals surface area contributed by atoms with Crippen molar-refractivity contribution < 1.29 is 17.9 Å². The number of carbonyl (C=O) groups is 1. The van der Waals surface area contributed by atoms with Crippen LogP contribution in [0.15, 0.2) is 60.7 Å². The van der Waals surface area contributed by atoms with Crippen LogP contribution >= 0.6 is 0 Å². The smallest absolute Gasteiger partial charge is 0.307 e. The summed E-state index contributed by atoms with van der Waals surface area (Å²) in [6.07, 6.45) is -0.0610. The molecule has 0 aromatic heterocycles. The Labute approximate surface area is 136 Å². The summed E-state index contributed by atoms with van der Waals surface area (Å²) in [6.45, 7) is 0. The van der Waals surface area contributed by atoms with Gasteiger partial charge in [-0.2, -0.15) is 0 Å². The molecule has 0 spiro atoms. The third kappa shape index (κ3) is 5.50. The predicted molar refractivity (Wildman–Crippen MR) is 88.0 cm³/mol. The lowest BCUT2D eigenvalue weighted by Crippen LogP contribution is -2.31. The zero-order valence-corrected chi connectivity index (χ0v) is 13.6. The van der Waals surface area contributed by atoms with E-state index in [4.69, 9.17) is 0 Å². The van der Waals surface area contributed by atoms with E-state index >= 15 is 0 Å². The summed E-state index contributed by atoms with van der Waals surface area (Å²) in [4.78, 5) is 11.6. The summed E-state index contributed by atoms with van der Waals surface area (Å²) < 4.78 is 32.0. The van der Waals surface area contributed by atoms with Crippen molar-refractivity contribution >= 4 is 16.0 Å². The van der Waals surface area contributed by atoms with Gasteiger partial charge in [-0.15, -0.1) is 0 Å². The number of nitrogens with one attached hydrogen (secondary N) is 1. The van der Waals surface area contributed by atoms with Gasteiger partial charge in [0.05, 0.1) is 25.3 Å². The molecule has 5 nitrogen and oxygen atoms in total. The highest BCUT2D eigenvalue weighted by molar-refractivity contribution is 7.88. The third-order valence-electron chi connectivity index (χ3n) is 3.32. The van der Waals surface area contributed by atoms with E-state index in [0.717, 1.165) is 5.56 Å². The fourth-order valence-corrected chi connectivity index (χ4v) is 3.58. The van der Waals surface area contributed by atoms with Crippen molar-refractivity contribution in [1.29, 1.82) is 0 Å². The summed E-state index contributed by atoms with van der Waals surface area (Å²) >= 11 is 0. The summed E-state index contributed by atoms with van der Waals surface area (Å²) in [5, 5.41) is 0. The molecule has 2 rings (SSSR count). The molecule has 0 amide bonds. The topological polar surface area (TPSA) is 72.5 Å². The van der Waals surface area contributed by atoms with Crippen LogP contribution in [-0.4, -0.2) is 21.5 Å². The van der Waals surface area contributed by atoms with Crippen molar-refractivity contribution in [2.75, 3.05) is 7.11 Å². The van der Waals surface area contributed by atoms with Crippen molar-refractivity contribution in [3.8, 4) is 0 Å². The van der Waals surface area contributed by atoms with E-state index in [2.05, 4.69) is 9.46 Å². The predicted octanol–water partition coefficient (Wildman–Crippen LogP) is 2.41. The summed E-state index contributed by atoms with van der Waals surface area (Å²) in [5.41, 5.74) is 1.40. The number of benzene rings is 2. The van der Waals surface area contributed by atoms with Crippen molar-refractivity contribution in [2.45, 2.75) is 18.2 Å². The molecule has 23 heavy (non-hydrogen) atoms. The first kappa shape index (κ1) is 17.2. The Balaban J connectivity index is 2.17. The highest BCUT2D eigenvalue weighted by Crippen LogP contribution is 2.19. The minimum absolute atomic E-state index is 0.0610. The Morgan fingerprint density at radius 2 is 1.61 bits per heavy atom. The van der Waals surface area contributed by atoms with Crippen LogP contribution in [0.25, 0.3) is 0 Å². The van der Waals surface area contributed by atoms with Crippen LogP contribution in [-0.2, 0) is 25.3 Å². The standard InChI is InChI=1S/C17H19NO4S/c1-22-17(19)12-16(15-10-6-3-7-11-15)18-23(20,21)13-14-8-4-2-5-9-14/h2-11,16,18H,12-13H2,1H3/t16-/m0/s1. The number of sulfonamides is 1. The largest absolute Gasteiger partial charge is 0.469 e. The highest BCUT2D eigenvalue weighted by atomic mass is 32.2. The normalized spacial score (nSPS) is 12.6. The summed E-state index contributed by atoms with van der Waals surface area (Å²) in [6, 6.07) is 17.2. The van der Waals surface area contributed by atoms with Gasteiger partial charge in [-0.3, -0.25) is 4.79 Å². The van der Waals surface area contributed by atoms with Crippen LogP contribution in [0.3, 0.4) is 0 Å². The molecule has 2 aromatic carbocycles. The SMILES string of the molecule is COC(=O)C[C@H](NS(=O)(=O)Cc1ccccc1)c1ccccc1. The van der Waals surface area contributed by atoms with Gasteiger partial charge in [0.15, 0.2) is 0 Å². The average molecular weight is 333 g/mol. The molecule has 0 fully saturated rings. The first-order valence-corrected chi connectivity index (χ1v) is 8.81. The van der Waals surface area contributed by atoms with Gasteiger partial charge in [0.1, 0.15) is 0 Å². The molecule has 0 radical (unpaired) electrons. The summed E-state index contributed by atoms with van der Waals surface area (Å²) in [5.74, 6) is -0.612. The number of methoxy groups -OCH3 is 1. The zero-order chi connectivity index (χ0) is 16.7. The second-order valence-electron chi connectivity index (χ2n) is 5.11. The number of carbonyl (C=O) groups excluding carboxylic acids is 1. The van der Waals surface area contributed by atoms with Crippen molar-refractivity contribution in [3.05, 3.63) is 71.8 Å². The first-order valence-electron chi connectivity index (χ1n) is 7.16. The Bertz CT molecular complexity index is 730. The van der Waals surface area contributed by atoms with E-state index in [-0.39, 0.29) is 12.2 Å². The minimum atomic E-state index is -3.59. The molecule has 0 unspecified atom stereocenters. The molecule has 0 heterocycles. The molecular formula is C17H19NO4S. The van der Waals surface area contributed by atoms with Crippen LogP contribution in [0.2, 0.25) is 0 Å². The molecule has 0 aliphatic heterocycles. The lowest BCUT2D eigenvalue weighted by Gasteiger charge is -2.18. The van der Waals surface area contributed by atoms with Gasteiger partial charge in [0, 0.05) is 0 Å². The average Bonchev–Trinajstić information content (AvgIpc) is 2.55. The molecule has 122 valence electrons. The van der Waals surface area contributed by atoms with Gasteiger partial charge in [-0.1, -0.05) is 60.7 Å². The Hall–Kier alpha value is -2.18. The molecule has 1 N–H and O–H groups in total. The van der Waals surface area contributed by atoms with Crippen LogP contribution in [0.1, 0.15) is 23.6 Å². The van der Waals surface area contributed by atoms with E-state index in [1.54, 1.807) is 48.5 Å². The second kappa shape index (κ2) is 7.89. The third-order valence-corrected chi connectivity index (χ3v) is 4.68. The molecule has 0 bridgehead atoms. The molecule has 0 saturated heterocycles. The van der Waals surface area contributed by atoms with E-state index in [1.165, 1.54) is 7.11 Å².